The lowest BCUT2D eigenvalue weighted by molar-refractivity contribution is -0.125. The summed E-state index contributed by atoms with van der Waals surface area (Å²) in [6, 6.07) is 3.90. The molecule has 1 aliphatic rings. The number of hydrogen-bond donors (Lipinski definition) is 1. The van der Waals surface area contributed by atoms with Crippen molar-refractivity contribution in [3.8, 4) is 0 Å². The lowest BCUT2D eigenvalue weighted by Gasteiger charge is -2.32. The van der Waals surface area contributed by atoms with Crippen molar-refractivity contribution in [1.82, 2.24) is 25.1 Å². The maximum atomic E-state index is 12.4. The number of nitrogens with one attached hydrogen (secondary N) is 1. The highest BCUT2D eigenvalue weighted by Gasteiger charge is 2.25. The fourth-order valence-corrected chi connectivity index (χ4v) is 3.64. The monoisotopic (exact) mass is 372 g/mol. The fraction of sp³-hybridized carbons (Fsp3) is 0.700. The quantitative estimate of drug-likeness (QED) is 0.685. The highest BCUT2D eigenvalue weighted by atomic mass is 16.1. The van der Waals surface area contributed by atoms with Gasteiger partial charge >= 0.3 is 0 Å². The van der Waals surface area contributed by atoms with Gasteiger partial charge in [-0.05, 0) is 37.3 Å². The molecule has 1 aliphatic heterocycles. The van der Waals surface area contributed by atoms with Crippen LogP contribution in [0.2, 0.25) is 0 Å². The molecule has 0 saturated carbocycles. The van der Waals surface area contributed by atoms with Gasteiger partial charge in [-0.15, -0.1) is 15.3 Å². The van der Waals surface area contributed by atoms with E-state index in [1.54, 1.807) is 10.8 Å². The number of piperidine rings is 1. The zero-order valence-electron chi connectivity index (χ0n) is 16.6. The van der Waals surface area contributed by atoms with Crippen LogP contribution in [-0.4, -0.2) is 45.4 Å². The number of carbonyl (C=O) groups is 1. The molecule has 1 saturated heterocycles. The summed E-state index contributed by atoms with van der Waals surface area (Å²) in [4.78, 5) is 14.6. The number of aromatic nitrogens is 4. The number of rotatable bonds is 9. The first kappa shape index (κ1) is 19.6. The Morgan fingerprint density at radius 3 is 2.74 bits per heavy atom. The Kier molecular flexibility index (Phi) is 7.01. The molecule has 148 valence electrons. The number of fused-ring (bicyclic) bond motifs is 1. The number of carbonyl (C=O) groups excluding carboxylic acids is 1. The van der Waals surface area contributed by atoms with Crippen molar-refractivity contribution in [2.45, 2.75) is 58.8 Å². The van der Waals surface area contributed by atoms with Crippen LogP contribution in [0.3, 0.4) is 0 Å². The van der Waals surface area contributed by atoms with E-state index < -0.39 is 0 Å². The van der Waals surface area contributed by atoms with Crippen molar-refractivity contribution >= 4 is 17.4 Å². The van der Waals surface area contributed by atoms with Crippen LogP contribution >= 0.6 is 0 Å². The van der Waals surface area contributed by atoms with Crippen LogP contribution in [0, 0.1) is 11.8 Å². The van der Waals surface area contributed by atoms with E-state index in [0.29, 0.717) is 0 Å². The summed E-state index contributed by atoms with van der Waals surface area (Å²) < 4.78 is 1.69. The topological polar surface area (TPSA) is 75.4 Å². The average molecular weight is 373 g/mol. The van der Waals surface area contributed by atoms with Gasteiger partial charge in [0.15, 0.2) is 5.65 Å². The summed E-state index contributed by atoms with van der Waals surface area (Å²) in [5, 5.41) is 15.5. The van der Waals surface area contributed by atoms with Crippen molar-refractivity contribution in [3.63, 3.8) is 0 Å². The van der Waals surface area contributed by atoms with Gasteiger partial charge in [0, 0.05) is 25.6 Å². The van der Waals surface area contributed by atoms with Crippen molar-refractivity contribution < 1.29 is 4.79 Å². The molecule has 0 unspecified atom stereocenters. The Hall–Kier alpha value is -2.18. The summed E-state index contributed by atoms with van der Waals surface area (Å²) in [6.07, 6.45) is 9.56. The Morgan fingerprint density at radius 2 is 1.96 bits per heavy atom. The lowest BCUT2D eigenvalue weighted by atomic mass is 9.96. The maximum absolute atomic E-state index is 12.4. The third-order valence-electron chi connectivity index (χ3n) is 5.34. The maximum Gasteiger partial charge on any atom is 0.223 e. The molecular weight excluding hydrogens is 340 g/mol. The molecular formula is C20H32N6O. The zero-order chi connectivity index (χ0) is 19.1. The minimum absolute atomic E-state index is 0.126. The Bertz CT molecular complexity index is 720. The van der Waals surface area contributed by atoms with Crippen molar-refractivity contribution in [2.24, 2.45) is 11.8 Å². The van der Waals surface area contributed by atoms with Crippen LogP contribution in [-0.2, 0) is 4.79 Å². The predicted octanol–water partition coefficient (Wildman–Crippen LogP) is 3.06. The smallest absolute Gasteiger partial charge is 0.223 e. The van der Waals surface area contributed by atoms with E-state index in [-0.39, 0.29) is 11.8 Å². The third-order valence-corrected chi connectivity index (χ3v) is 5.34. The molecule has 3 heterocycles. The van der Waals surface area contributed by atoms with E-state index in [4.69, 9.17) is 0 Å². The molecule has 1 fully saturated rings. The Morgan fingerprint density at radius 1 is 1.19 bits per heavy atom. The molecule has 0 aliphatic carbocycles. The number of unbranched alkanes of at least 4 members (excludes halogenated alkanes) is 3. The number of amides is 1. The van der Waals surface area contributed by atoms with E-state index in [2.05, 4.69) is 39.4 Å². The van der Waals surface area contributed by atoms with Gasteiger partial charge in [0.2, 0.25) is 5.91 Å². The molecule has 0 aromatic carbocycles. The molecule has 27 heavy (non-hydrogen) atoms. The van der Waals surface area contributed by atoms with Crippen LogP contribution in [0.5, 0.6) is 0 Å². The SMILES string of the molecule is CC(C)CCCCCCNC(=O)C1CCN(c2ccc3nncn3n2)CC1. The van der Waals surface area contributed by atoms with E-state index in [9.17, 15) is 4.79 Å². The van der Waals surface area contributed by atoms with E-state index >= 15 is 0 Å². The van der Waals surface area contributed by atoms with Crippen LogP contribution in [0.4, 0.5) is 5.82 Å². The van der Waals surface area contributed by atoms with Crippen LogP contribution in [0.1, 0.15) is 58.8 Å². The highest BCUT2D eigenvalue weighted by Crippen LogP contribution is 2.22. The molecule has 0 spiro atoms. The first-order valence-corrected chi connectivity index (χ1v) is 10.3. The van der Waals surface area contributed by atoms with Crippen LogP contribution in [0.25, 0.3) is 5.65 Å². The minimum Gasteiger partial charge on any atom is -0.356 e. The second-order valence-electron chi connectivity index (χ2n) is 7.97. The van der Waals surface area contributed by atoms with Crippen LogP contribution in [0.15, 0.2) is 18.5 Å². The average Bonchev–Trinajstić information content (AvgIpc) is 3.14. The first-order chi connectivity index (χ1) is 13.1. The molecule has 0 bridgehead atoms. The molecule has 0 atom stereocenters. The van der Waals surface area contributed by atoms with Gasteiger partial charge in [0.05, 0.1) is 0 Å². The molecule has 7 heteroatoms. The van der Waals surface area contributed by atoms with Gasteiger partial charge in [-0.3, -0.25) is 4.79 Å². The fourth-order valence-electron chi connectivity index (χ4n) is 3.64. The van der Waals surface area contributed by atoms with Crippen molar-refractivity contribution in [2.75, 3.05) is 24.5 Å². The number of anilines is 1. The molecule has 0 radical (unpaired) electrons. The van der Waals surface area contributed by atoms with Crippen molar-refractivity contribution in [3.05, 3.63) is 18.5 Å². The number of nitrogens with zero attached hydrogens (tertiary/aromatic N) is 5. The summed E-state index contributed by atoms with van der Waals surface area (Å²) in [5.74, 6) is 2.06. The highest BCUT2D eigenvalue weighted by molar-refractivity contribution is 5.78. The second-order valence-corrected chi connectivity index (χ2v) is 7.97. The summed E-state index contributed by atoms with van der Waals surface area (Å²) in [6.45, 7) is 7.07. The van der Waals surface area contributed by atoms with Crippen LogP contribution < -0.4 is 10.2 Å². The van der Waals surface area contributed by atoms with E-state index in [1.165, 1.54) is 25.7 Å². The normalized spacial score (nSPS) is 15.6. The van der Waals surface area contributed by atoms with Gasteiger partial charge in [-0.25, -0.2) is 0 Å². The summed E-state index contributed by atoms with van der Waals surface area (Å²) in [5.41, 5.74) is 0.747. The second kappa shape index (κ2) is 9.67. The molecule has 7 nitrogen and oxygen atoms in total. The molecule has 1 amide bonds. The van der Waals surface area contributed by atoms with Crippen molar-refractivity contribution in [1.29, 1.82) is 0 Å². The Labute approximate surface area is 161 Å². The molecule has 2 aromatic rings. The van der Waals surface area contributed by atoms with Gasteiger partial charge in [-0.1, -0.05) is 39.5 Å². The zero-order valence-corrected chi connectivity index (χ0v) is 16.6. The minimum atomic E-state index is 0.126. The van der Waals surface area contributed by atoms with Gasteiger partial charge in [0.25, 0.3) is 0 Å². The predicted molar refractivity (Wildman–Crippen MR) is 107 cm³/mol. The Balaban J connectivity index is 1.34. The van der Waals surface area contributed by atoms with Gasteiger partial charge in [0.1, 0.15) is 12.1 Å². The molecule has 3 rings (SSSR count). The number of hydrogen-bond acceptors (Lipinski definition) is 5. The lowest BCUT2D eigenvalue weighted by Crippen LogP contribution is -2.41. The van der Waals surface area contributed by atoms with E-state index in [1.807, 2.05) is 12.1 Å². The largest absolute Gasteiger partial charge is 0.356 e. The molecule has 2 aromatic heterocycles. The molecule has 1 N–H and O–H groups in total. The van der Waals surface area contributed by atoms with Gasteiger partial charge < -0.3 is 10.2 Å². The standard InChI is InChI=1S/C20H32N6O/c1-16(2)7-5-3-4-6-12-21-20(27)17-10-13-25(14-11-17)19-9-8-18-23-22-15-26(18)24-19/h8-9,15-17H,3-7,10-14H2,1-2H3,(H,21,27). The summed E-state index contributed by atoms with van der Waals surface area (Å²) >= 11 is 0. The third kappa shape index (κ3) is 5.65. The van der Waals surface area contributed by atoms with Gasteiger partial charge in [-0.2, -0.15) is 4.52 Å². The summed E-state index contributed by atoms with van der Waals surface area (Å²) in [7, 11) is 0. The van der Waals surface area contributed by atoms with E-state index in [0.717, 1.165) is 56.3 Å². The first-order valence-electron chi connectivity index (χ1n) is 10.3.